The lowest BCUT2D eigenvalue weighted by Gasteiger charge is -2.18. The first-order valence-corrected chi connectivity index (χ1v) is 7.07. The third-order valence-electron chi connectivity index (χ3n) is 3.12. The maximum absolute atomic E-state index is 6.10. The van der Waals surface area contributed by atoms with E-state index in [-0.39, 0.29) is 0 Å². The summed E-state index contributed by atoms with van der Waals surface area (Å²) in [6.45, 7) is 6.44. The highest BCUT2D eigenvalue weighted by atomic mass is 35.5. The van der Waals surface area contributed by atoms with Crippen molar-refractivity contribution in [2.75, 3.05) is 12.4 Å². The molecule has 0 spiro atoms. The molecule has 0 amide bonds. The molecule has 18 heavy (non-hydrogen) atoms. The van der Waals surface area contributed by atoms with Crippen molar-refractivity contribution < 1.29 is 4.74 Å². The van der Waals surface area contributed by atoms with Crippen molar-refractivity contribution in [2.24, 2.45) is 0 Å². The number of rotatable bonds is 7. The fraction of sp³-hybridized carbons (Fsp3) is 0.600. The topological polar surface area (TPSA) is 21.3 Å². The molecule has 0 heterocycles. The predicted molar refractivity (Wildman–Crippen MR) is 80.0 cm³/mol. The third kappa shape index (κ3) is 4.41. The van der Waals surface area contributed by atoms with E-state index in [4.69, 9.17) is 16.3 Å². The predicted octanol–water partition coefficient (Wildman–Crippen LogP) is 5.04. The van der Waals surface area contributed by atoms with Gasteiger partial charge in [0, 0.05) is 17.1 Å². The Morgan fingerprint density at radius 2 is 2.06 bits per heavy atom. The minimum atomic E-state index is 0.450. The molecule has 3 heteroatoms. The van der Waals surface area contributed by atoms with Gasteiger partial charge in [0.1, 0.15) is 5.75 Å². The lowest BCUT2D eigenvalue weighted by Crippen LogP contribution is -2.15. The number of ether oxygens (including phenoxy) is 1. The highest BCUT2D eigenvalue weighted by Crippen LogP contribution is 2.31. The van der Waals surface area contributed by atoms with E-state index in [0.717, 1.165) is 22.0 Å². The van der Waals surface area contributed by atoms with Gasteiger partial charge in [0.15, 0.2) is 0 Å². The van der Waals surface area contributed by atoms with E-state index in [1.165, 1.54) is 25.7 Å². The molecule has 0 saturated heterocycles. The number of aryl methyl sites for hydroxylation is 1. The highest BCUT2D eigenvalue weighted by Gasteiger charge is 2.09. The first-order chi connectivity index (χ1) is 8.58. The number of benzene rings is 1. The Balaban J connectivity index is 2.68. The van der Waals surface area contributed by atoms with E-state index in [0.29, 0.717) is 6.04 Å². The van der Waals surface area contributed by atoms with Crippen molar-refractivity contribution in [3.05, 3.63) is 22.7 Å². The average molecular weight is 270 g/mol. The SMILES string of the molecule is CCCCCC(C)Nc1cc(C)c(Cl)cc1OC. The number of hydrogen-bond donors (Lipinski definition) is 1. The van der Waals surface area contributed by atoms with Crippen LogP contribution in [0.5, 0.6) is 5.75 Å². The quantitative estimate of drug-likeness (QED) is 0.701. The van der Waals surface area contributed by atoms with Crippen LogP contribution in [0.25, 0.3) is 0 Å². The van der Waals surface area contributed by atoms with Gasteiger partial charge in [-0.15, -0.1) is 0 Å². The zero-order valence-electron chi connectivity index (χ0n) is 11.8. The Labute approximate surface area is 116 Å². The van der Waals surface area contributed by atoms with Gasteiger partial charge in [-0.2, -0.15) is 0 Å². The Morgan fingerprint density at radius 3 is 2.67 bits per heavy atom. The lowest BCUT2D eigenvalue weighted by molar-refractivity contribution is 0.415. The fourth-order valence-electron chi connectivity index (χ4n) is 1.98. The summed E-state index contributed by atoms with van der Waals surface area (Å²) < 4.78 is 5.36. The molecule has 1 unspecified atom stereocenters. The van der Waals surface area contributed by atoms with Crippen LogP contribution in [-0.2, 0) is 0 Å². The highest BCUT2D eigenvalue weighted by molar-refractivity contribution is 6.31. The first kappa shape index (κ1) is 15.2. The standard InChI is InChI=1S/C15H24ClNO/c1-5-6-7-8-12(3)17-14-9-11(2)13(16)10-15(14)18-4/h9-10,12,17H,5-8H2,1-4H3. The molecule has 102 valence electrons. The van der Waals surface area contributed by atoms with Gasteiger partial charge in [-0.1, -0.05) is 37.8 Å². The van der Waals surface area contributed by atoms with Crippen molar-refractivity contribution in [1.29, 1.82) is 0 Å². The van der Waals surface area contributed by atoms with E-state index in [2.05, 4.69) is 25.2 Å². The van der Waals surface area contributed by atoms with Crippen molar-refractivity contribution >= 4 is 17.3 Å². The molecular weight excluding hydrogens is 246 g/mol. The summed E-state index contributed by atoms with van der Waals surface area (Å²) in [6.07, 6.45) is 5.00. The second kappa shape index (κ2) is 7.52. The molecule has 0 saturated carbocycles. The summed E-state index contributed by atoms with van der Waals surface area (Å²) >= 11 is 6.10. The second-order valence-corrected chi connectivity index (χ2v) is 5.25. The number of anilines is 1. The lowest BCUT2D eigenvalue weighted by atomic mass is 10.1. The van der Waals surface area contributed by atoms with Gasteiger partial charge in [0.2, 0.25) is 0 Å². The normalized spacial score (nSPS) is 12.3. The second-order valence-electron chi connectivity index (χ2n) is 4.84. The largest absolute Gasteiger partial charge is 0.495 e. The van der Waals surface area contributed by atoms with E-state index in [9.17, 15) is 0 Å². The van der Waals surface area contributed by atoms with Crippen LogP contribution in [-0.4, -0.2) is 13.2 Å². The Morgan fingerprint density at radius 1 is 1.33 bits per heavy atom. The maximum Gasteiger partial charge on any atom is 0.143 e. The van der Waals surface area contributed by atoms with Crippen LogP contribution in [0, 0.1) is 6.92 Å². The van der Waals surface area contributed by atoms with Crippen LogP contribution < -0.4 is 10.1 Å². The molecule has 1 atom stereocenters. The van der Waals surface area contributed by atoms with Gasteiger partial charge in [-0.05, 0) is 31.9 Å². The zero-order valence-corrected chi connectivity index (χ0v) is 12.6. The summed E-state index contributed by atoms with van der Waals surface area (Å²) in [7, 11) is 1.67. The van der Waals surface area contributed by atoms with Gasteiger partial charge in [-0.25, -0.2) is 0 Å². The van der Waals surface area contributed by atoms with Crippen molar-refractivity contribution in [1.82, 2.24) is 0 Å². The molecule has 0 aliphatic rings. The zero-order chi connectivity index (χ0) is 13.5. The number of unbranched alkanes of at least 4 members (excludes halogenated alkanes) is 2. The maximum atomic E-state index is 6.10. The van der Waals surface area contributed by atoms with Crippen LogP contribution in [0.4, 0.5) is 5.69 Å². The van der Waals surface area contributed by atoms with Crippen molar-refractivity contribution in [3.8, 4) is 5.75 Å². The van der Waals surface area contributed by atoms with Crippen LogP contribution in [0.2, 0.25) is 5.02 Å². The molecule has 2 nitrogen and oxygen atoms in total. The molecule has 0 bridgehead atoms. The molecule has 0 aliphatic carbocycles. The van der Waals surface area contributed by atoms with Gasteiger partial charge in [-0.3, -0.25) is 0 Å². The molecule has 0 radical (unpaired) electrons. The van der Waals surface area contributed by atoms with E-state index in [1.807, 2.05) is 13.0 Å². The van der Waals surface area contributed by atoms with Gasteiger partial charge in [0.25, 0.3) is 0 Å². The van der Waals surface area contributed by atoms with Crippen LogP contribution in [0.15, 0.2) is 12.1 Å². The smallest absolute Gasteiger partial charge is 0.143 e. The first-order valence-electron chi connectivity index (χ1n) is 6.69. The minimum Gasteiger partial charge on any atom is -0.495 e. The summed E-state index contributed by atoms with van der Waals surface area (Å²) in [6, 6.07) is 4.38. The van der Waals surface area contributed by atoms with Gasteiger partial charge >= 0.3 is 0 Å². The monoisotopic (exact) mass is 269 g/mol. The summed E-state index contributed by atoms with van der Waals surface area (Å²) in [4.78, 5) is 0. The Hall–Kier alpha value is -0.890. The van der Waals surface area contributed by atoms with Crippen molar-refractivity contribution in [2.45, 2.75) is 52.5 Å². The van der Waals surface area contributed by atoms with E-state index >= 15 is 0 Å². The van der Waals surface area contributed by atoms with E-state index in [1.54, 1.807) is 7.11 Å². The third-order valence-corrected chi connectivity index (χ3v) is 3.53. The number of methoxy groups -OCH3 is 1. The molecule has 1 N–H and O–H groups in total. The van der Waals surface area contributed by atoms with Crippen LogP contribution in [0.3, 0.4) is 0 Å². The Kier molecular flexibility index (Phi) is 6.34. The summed E-state index contributed by atoms with van der Waals surface area (Å²) in [5.74, 6) is 0.813. The molecule has 0 fully saturated rings. The van der Waals surface area contributed by atoms with Crippen LogP contribution in [0.1, 0.15) is 45.1 Å². The Bertz CT molecular complexity index is 379. The molecule has 1 aromatic carbocycles. The molecule has 1 aromatic rings. The molecule has 0 aliphatic heterocycles. The number of halogens is 1. The van der Waals surface area contributed by atoms with Crippen molar-refractivity contribution in [3.63, 3.8) is 0 Å². The van der Waals surface area contributed by atoms with E-state index < -0.39 is 0 Å². The minimum absolute atomic E-state index is 0.450. The molecular formula is C15H24ClNO. The average Bonchev–Trinajstić information content (AvgIpc) is 2.34. The number of hydrogen-bond acceptors (Lipinski definition) is 2. The van der Waals surface area contributed by atoms with Gasteiger partial charge < -0.3 is 10.1 Å². The molecule has 1 rings (SSSR count). The summed E-state index contributed by atoms with van der Waals surface area (Å²) in [5, 5.41) is 4.25. The van der Waals surface area contributed by atoms with Crippen LogP contribution >= 0.6 is 11.6 Å². The van der Waals surface area contributed by atoms with Gasteiger partial charge in [0.05, 0.1) is 12.8 Å². The molecule has 0 aromatic heterocycles. The summed E-state index contributed by atoms with van der Waals surface area (Å²) in [5.41, 5.74) is 2.10. The fourth-order valence-corrected chi connectivity index (χ4v) is 2.14. The number of nitrogens with one attached hydrogen (secondary N) is 1.